The first kappa shape index (κ1) is 13.9. The fourth-order valence-corrected chi connectivity index (χ4v) is 1.59. The molecule has 0 amide bonds. The Labute approximate surface area is 114 Å². The van der Waals surface area contributed by atoms with Crippen molar-refractivity contribution in [2.45, 2.75) is 6.92 Å². The highest BCUT2D eigenvalue weighted by Crippen LogP contribution is 2.28. The summed E-state index contributed by atoms with van der Waals surface area (Å²) in [5, 5.41) is 0. The van der Waals surface area contributed by atoms with E-state index in [1.165, 1.54) is 25.3 Å². The molecule has 1 heterocycles. The molecular formula is C13H13FN2O4. The van der Waals surface area contributed by atoms with E-state index in [0.717, 1.165) is 0 Å². The number of carbonyl (C=O) groups is 1. The van der Waals surface area contributed by atoms with E-state index in [9.17, 15) is 9.18 Å². The maximum absolute atomic E-state index is 13.3. The summed E-state index contributed by atoms with van der Waals surface area (Å²) in [5.74, 6) is -1.21. The molecular weight excluding hydrogens is 267 g/mol. The molecule has 0 radical (unpaired) electrons. The zero-order valence-electron chi connectivity index (χ0n) is 11.0. The van der Waals surface area contributed by atoms with E-state index in [-0.39, 0.29) is 29.8 Å². The van der Waals surface area contributed by atoms with Gasteiger partial charge in [-0.15, -0.1) is 0 Å². The van der Waals surface area contributed by atoms with Gasteiger partial charge >= 0.3 is 5.97 Å². The molecule has 106 valence electrons. The van der Waals surface area contributed by atoms with Crippen LogP contribution in [-0.2, 0) is 4.74 Å². The maximum atomic E-state index is 13.3. The number of oxazole rings is 1. The zero-order chi connectivity index (χ0) is 14.7. The number of anilines is 1. The van der Waals surface area contributed by atoms with Crippen molar-refractivity contribution in [1.29, 1.82) is 0 Å². The van der Waals surface area contributed by atoms with Crippen molar-refractivity contribution < 1.29 is 23.1 Å². The van der Waals surface area contributed by atoms with Gasteiger partial charge in [-0.1, -0.05) is 0 Å². The third-order valence-corrected chi connectivity index (χ3v) is 2.52. The number of methoxy groups -OCH3 is 1. The predicted molar refractivity (Wildman–Crippen MR) is 68.8 cm³/mol. The quantitative estimate of drug-likeness (QED) is 0.864. The Hall–Kier alpha value is -2.57. The lowest BCUT2D eigenvalue weighted by Gasteiger charge is -2.02. The number of aromatic nitrogens is 1. The molecule has 1 aromatic heterocycles. The summed E-state index contributed by atoms with van der Waals surface area (Å²) in [5.41, 5.74) is 5.90. The molecule has 0 fully saturated rings. The molecule has 1 aromatic carbocycles. The SMILES string of the molecule is CCOC(=O)c1nc(-c2ccc(F)c(OC)c2)oc1N. The number of hydrogen-bond donors (Lipinski definition) is 1. The van der Waals surface area contributed by atoms with Crippen LogP contribution in [0.2, 0.25) is 0 Å². The lowest BCUT2D eigenvalue weighted by Crippen LogP contribution is -2.07. The molecule has 0 aliphatic heterocycles. The molecule has 20 heavy (non-hydrogen) atoms. The van der Waals surface area contributed by atoms with Gasteiger partial charge in [-0.2, -0.15) is 4.98 Å². The van der Waals surface area contributed by atoms with Crippen molar-refractivity contribution in [2.75, 3.05) is 19.5 Å². The van der Waals surface area contributed by atoms with E-state index in [4.69, 9.17) is 19.6 Å². The highest BCUT2D eigenvalue weighted by atomic mass is 19.1. The summed E-state index contributed by atoms with van der Waals surface area (Å²) in [7, 11) is 1.34. The molecule has 6 nitrogen and oxygen atoms in total. The molecule has 2 N–H and O–H groups in total. The van der Waals surface area contributed by atoms with Crippen molar-refractivity contribution >= 4 is 11.9 Å². The predicted octanol–water partition coefficient (Wildman–Crippen LogP) is 2.25. The first-order valence-electron chi connectivity index (χ1n) is 5.84. The average Bonchev–Trinajstić information content (AvgIpc) is 2.82. The lowest BCUT2D eigenvalue weighted by atomic mass is 10.2. The summed E-state index contributed by atoms with van der Waals surface area (Å²) in [6.45, 7) is 1.87. The van der Waals surface area contributed by atoms with Crippen LogP contribution in [0.5, 0.6) is 5.75 Å². The third-order valence-electron chi connectivity index (χ3n) is 2.52. The number of esters is 1. The standard InChI is InChI=1S/C13H13FN2O4/c1-3-19-13(17)10-11(15)20-12(16-10)7-4-5-8(14)9(6-7)18-2/h4-6H,3,15H2,1-2H3. The number of nitrogens with two attached hydrogens (primary N) is 1. The molecule has 0 saturated carbocycles. The summed E-state index contributed by atoms with van der Waals surface area (Å²) in [4.78, 5) is 15.5. The second-order valence-electron chi connectivity index (χ2n) is 3.80. The number of nitrogen functional groups attached to an aromatic ring is 1. The van der Waals surface area contributed by atoms with Crippen molar-refractivity contribution in [3.05, 3.63) is 29.7 Å². The van der Waals surface area contributed by atoms with Crippen LogP contribution in [0.25, 0.3) is 11.5 Å². The van der Waals surface area contributed by atoms with Gasteiger partial charge < -0.3 is 19.6 Å². The van der Waals surface area contributed by atoms with E-state index in [1.54, 1.807) is 6.92 Å². The van der Waals surface area contributed by atoms with Crippen LogP contribution >= 0.6 is 0 Å². The molecule has 7 heteroatoms. The minimum atomic E-state index is -0.672. The Kier molecular flexibility index (Phi) is 3.88. The van der Waals surface area contributed by atoms with Crippen LogP contribution in [0.3, 0.4) is 0 Å². The molecule has 0 saturated heterocycles. The summed E-state index contributed by atoms with van der Waals surface area (Å²) in [6.07, 6.45) is 0. The molecule has 0 bridgehead atoms. The number of ether oxygens (including phenoxy) is 2. The Balaban J connectivity index is 2.39. The minimum absolute atomic E-state index is 0.0388. The largest absolute Gasteiger partial charge is 0.494 e. The average molecular weight is 280 g/mol. The van der Waals surface area contributed by atoms with Gasteiger partial charge in [0.2, 0.25) is 17.5 Å². The van der Waals surface area contributed by atoms with Crippen molar-refractivity contribution in [3.8, 4) is 17.2 Å². The number of rotatable bonds is 4. The Morgan fingerprint density at radius 3 is 2.90 bits per heavy atom. The van der Waals surface area contributed by atoms with Crippen LogP contribution in [-0.4, -0.2) is 24.7 Å². The molecule has 0 spiro atoms. The van der Waals surface area contributed by atoms with Gasteiger partial charge in [0.1, 0.15) is 0 Å². The monoisotopic (exact) mass is 280 g/mol. The fourth-order valence-electron chi connectivity index (χ4n) is 1.59. The number of benzene rings is 1. The molecule has 0 aliphatic carbocycles. The van der Waals surface area contributed by atoms with Crippen LogP contribution in [0.15, 0.2) is 22.6 Å². The van der Waals surface area contributed by atoms with Crippen LogP contribution in [0.1, 0.15) is 17.4 Å². The molecule has 2 aromatic rings. The van der Waals surface area contributed by atoms with Crippen molar-refractivity contribution in [1.82, 2.24) is 4.98 Å². The van der Waals surface area contributed by atoms with E-state index in [0.29, 0.717) is 5.56 Å². The lowest BCUT2D eigenvalue weighted by molar-refractivity contribution is 0.0521. The molecule has 0 aliphatic rings. The van der Waals surface area contributed by atoms with Crippen LogP contribution < -0.4 is 10.5 Å². The van der Waals surface area contributed by atoms with E-state index in [1.807, 2.05) is 0 Å². The summed E-state index contributed by atoms with van der Waals surface area (Å²) in [6, 6.07) is 4.05. The van der Waals surface area contributed by atoms with Crippen LogP contribution in [0.4, 0.5) is 10.3 Å². The highest BCUT2D eigenvalue weighted by Gasteiger charge is 2.20. The smallest absolute Gasteiger partial charge is 0.362 e. The van der Waals surface area contributed by atoms with Gasteiger partial charge in [0.25, 0.3) is 0 Å². The zero-order valence-corrected chi connectivity index (χ0v) is 11.0. The second-order valence-corrected chi connectivity index (χ2v) is 3.80. The topological polar surface area (TPSA) is 87.6 Å². The van der Waals surface area contributed by atoms with E-state index in [2.05, 4.69) is 4.98 Å². The highest BCUT2D eigenvalue weighted by molar-refractivity contribution is 5.92. The van der Waals surface area contributed by atoms with Gasteiger partial charge in [0, 0.05) is 5.56 Å². The Morgan fingerprint density at radius 2 is 2.25 bits per heavy atom. The van der Waals surface area contributed by atoms with Crippen LogP contribution in [0, 0.1) is 5.82 Å². The van der Waals surface area contributed by atoms with Gasteiger partial charge in [0.05, 0.1) is 13.7 Å². The molecule has 0 atom stereocenters. The number of carbonyl (C=O) groups excluding carboxylic acids is 1. The van der Waals surface area contributed by atoms with Gasteiger partial charge in [0.15, 0.2) is 11.6 Å². The normalized spacial score (nSPS) is 10.3. The van der Waals surface area contributed by atoms with Crippen molar-refractivity contribution in [3.63, 3.8) is 0 Å². The Morgan fingerprint density at radius 1 is 1.50 bits per heavy atom. The van der Waals surface area contributed by atoms with Gasteiger partial charge in [-0.05, 0) is 25.1 Å². The minimum Gasteiger partial charge on any atom is -0.494 e. The number of nitrogens with zero attached hydrogens (tertiary/aromatic N) is 1. The van der Waals surface area contributed by atoms with E-state index < -0.39 is 11.8 Å². The van der Waals surface area contributed by atoms with Gasteiger partial charge in [-0.3, -0.25) is 0 Å². The number of hydrogen-bond acceptors (Lipinski definition) is 6. The van der Waals surface area contributed by atoms with E-state index >= 15 is 0 Å². The number of halogens is 1. The third kappa shape index (κ3) is 2.56. The van der Waals surface area contributed by atoms with Gasteiger partial charge in [-0.25, -0.2) is 9.18 Å². The molecule has 0 unspecified atom stereocenters. The Bertz CT molecular complexity index is 639. The molecule has 2 rings (SSSR count). The summed E-state index contributed by atoms with van der Waals surface area (Å²) >= 11 is 0. The first-order valence-corrected chi connectivity index (χ1v) is 5.84. The summed E-state index contributed by atoms with van der Waals surface area (Å²) < 4.78 is 28.2. The first-order chi connectivity index (χ1) is 9.56. The second kappa shape index (κ2) is 5.60. The maximum Gasteiger partial charge on any atom is 0.362 e. The van der Waals surface area contributed by atoms with Crippen molar-refractivity contribution in [2.24, 2.45) is 0 Å². The fraction of sp³-hybridized carbons (Fsp3) is 0.231.